The quantitative estimate of drug-likeness (QED) is 0.797. The van der Waals surface area contributed by atoms with Crippen LogP contribution in [0.15, 0.2) is 22.6 Å². The Kier molecular flexibility index (Phi) is 3.74. The zero-order chi connectivity index (χ0) is 13.9. The summed E-state index contributed by atoms with van der Waals surface area (Å²) in [6.45, 7) is 1.83. The number of amides is 1. The molecule has 1 heterocycles. The van der Waals surface area contributed by atoms with Gasteiger partial charge < -0.3 is 14.8 Å². The van der Waals surface area contributed by atoms with Crippen LogP contribution in [-0.4, -0.2) is 22.5 Å². The molecule has 5 nitrogen and oxygen atoms in total. The fourth-order valence-electron chi connectivity index (χ4n) is 2.24. The van der Waals surface area contributed by atoms with Crippen molar-refractivity contribution in [3.63, 3.8) is 0 Å². The number of carboxylic acids is 1. The van der Waals surface area contributed by atoms with Gasteiger partial charge in [0, 0.05) is 6.08 Å². The number of furan rings is 1. The van der Waals surface area contributed by atoms with Gasteiger partial charge in [0.15, 0.2) is 0 Å². The maximum atomic E-state index is 11.8. The van der Waals surface area contributed by atoms with Crippen molar-refractivity contribution in [2.75, 3.05) is 0 Å². The number of aliphatic carboxylic acids is 1. The predicted molar refractivity (Wildman–Crippen MR) is 69.5 cm³/mol. The van der Waals surface area contributed by atoms with Gasteiger partial charge in [-0.15, -0.1) is 0 Å². The molecule has 1 saturated carbocycles. The third-order valence-corrected chi connectivity index (χ3v) is 3.35. The lowest BCUT2D eigenvalue weighted by atomic mass is 9.74. The van der Waals surface area contributed by atoms with E-state index >= 15 is 0 Å². The molecule has 2 N–H and O–H groups in total. The van der Waals surface area contributed by atoms with Gasteiger partial charge in [-0.2, -0.15) is 0 Å². The monoisotopic (exact) mass is 263 g/mol. The highest BCUT2D eigenvalue weighted by Gasteiger charge is 2.39. The average Bonchev–Trinajstić information content (AvgIpc) is 2.69. The molecule has 0 aromatic carbocycles. The maximum absolute atomic E-state index is 11.8. The summed E-state index contributed by atoms with van der Waals surface area (Å²) in [4.78, 5) is 22.6. The molecule has 1 aromatic heterocycles. The Morgan fingerprint density at radius 3 is 2.68 bits per heavy atom. The normalized spacial score (nSPS) is 17.1. The Morgan fingerprint density at radius 2 is 2.21 bits per heavy atom. The summed E-state index contributed by atoms with van der Waals surface area (Å²) in [5, 5.41) is 11.6. The van der Waals surface area contributed by atoms with Crippen LogP contribution >= 0.6 is 0 Å². The first-order valence-corrected chi connectivity index (χ1v) is 6.28. The van der Waals surface area contributed by atoms with E-state index in [1.807, 2.05) is 13.0 Å². The van der Waals surface area contributed by atoms with Crippen LogP contribution in [0.3, 0.4) is 0 Å². The molecule has 2 rings (SSSR count). The molecular weight excluding hydrogens is 246 g/mol. The Morgan fingerprint density at radius 1 is 1.47 bits per heavy atom. The SMILES string of the molecule is Cc1ccc(/C=C\C(=O)NC2(CC(=O)O)CCC2)o1. The molecule has 0 spiro atoms. The fraction of sp³-hybridized carbons (Fsp3) is 0.429. The van der Waals surface area contributed by atoms with Crippen LogP contribution in [0, 0.1) is 6.92 Å². The second-order valence-corrected chi connectivity index (χ2v) is 4.98. The second kappa shape index (κ2) is 5.30. The molecule has 0 unspecified atom stereocenters. The Hall–Kier alpha value is -2.04. The van der Waals surface area contributed by atoms with Crippen LogP contribution in [0.4, 0.5) is 0 Å². The maximum Gasteiger partial charge on any atom is 0.305 e. The van der Waals surface area contributed by atoms with Crippen LogP contribution in [0.1, 0.15) is 37.2 Å². The van der Waals surface area contributed by atoms with E-state index in [1.54, 1.807) is 12.1 Å². The number of carboxylic acid groups (broad SMARTS) is 1. The topological polar surface area (TPSA) is 79.5 Å². The van der Waals surface area contributed by atoms with E-state index in [1.165, 1.54) is 6.08 Å². The summed E-state index contributed by atoms with van der Waals surface area (Å²) < 4.78 is 5.31. The Labute approximate surface area is 111 Å². The minimum atomic E-state index is -0.884. The van der Waals surface area contributed by atoms with Crippen LogP contribution in [-0.2, 0) is 9.59 Å². The van der Waals surface area contributed by atoms with Crippen molar-refractivity contribution in [3.05, 3.63) is 29.7 Å². The molecule has 19 heavy (non-hydrogen) atoms. The number of hydrogen-bond donors (Lipinski definition) is 2. The van der Waals surface area contributed by atoms with Gasteiger partial charge >= 0.3 is 5.97 Å². The third-order valence-electron chi connectivity index (χ3n) is 3.35. The van der Waals surface area contributed by atoms with Gasteiger partial charge in [-0.1, -0.05) is 0 Å². The molecular formula is C14H17NO4. The first-order chi connectivity index (χ1) is 8.99. The molecule has 1 fully saturated rings. The summed E-state index contributed by atoms with van der Waals surface area (Å²) in [5.74, 6) is 0.218. The third kappa shape index (κ3) is 3.47. The first kappa shape index (κ1) is 13.4. The van der Waals surface area contributed by atoms with Crippen molar-refractivity contribution in [2.45, 2.75) is 38.1 Å². The smallest absolute Gasteiger partial charge is 0.305 e. The molecule has 0 radical (unpaired) electrons. The second-order valence-electron chi connectivity index (χ2n) is 4.98. The van der Waals surface area contributed by atoms with E-state index < -0.39 is 11.5 Å². The number of carbonyl (C=O) groups is 2. The van der Waals surface area contributed by atoms with Crippen molar-refractivity contribution < 1.29 is 19.1 Å². The zero-order valence-corrected chi connectivity index (χ0v) is 10.8. The van der Waals surface area contributed by atoms with E-state index in [0.29, 0.717) is 5.76 Å². The molecule has 102 valence electrons. The highest BCUT2D eigenvalue weighted by atomic mass is 16.4. The van der Waals surface area contributed by atoms with Gasteiger partial charge in [-0.25, -0.2) is 0 Å². The van der Waals surface area contributed by atoms with E-state index in [-0.39, 0.29) is 12.3 Å². The summed E-state index contributed by atoms with van der Waals surface area (Å²) in [5.41, 5.74) is -0.563. The lowest BCUT2D eigenvalue weighted by Gasteiger charge is -2.41. The number of rotatable bonds is 5. The predicted octanol–water partition coefficient (Wildman–Crippen LogP) is 2.11. The number of nitrogens with one attached hydrogen (secondary N) is 1. The van der Waals surface area contributed by atoms with Gasteiger partial charge in [-0.05, 0) is 44.4 Å². The Balaban J connectivity index is 1.93. The fourth-order valence-corrected chi connectivity index (χ4v) is 2.24. The molecule has 0 atom stereocenters. The van der Waals surface area contributed by atoms with Crippen LogP contribution in [0.25, 0.3) is 6.08 Å². The average molecular weight is 263 g/mol. The summed E-state index contributed by atoms with van der Waals surface area (Å²) in [6.07, 6.45) is 5.33. The molecule has 1 aromatic rings. The van der Waals surface area contributed by atoms with Crippen LogP contribution in [0.2, 0.25) is 0 Å². The van der Waals surface area contributed by atoms with Crippen LogP contribution in [0.5, 0.6) is 0 Å². The molecule has 0 bridgehead atoms. The molecule has 1 aliphatic carbocycles. The highest BCUT2D eigenvalue weighted by molar-refractivity contribution is 5.92. The molecule has 5 heteroatoms. The van der Waals surface area contributed by atoms with E-state index in [2.05, 4.69) is 5.32 Å². The van der Waals surface area contributed by atoms with Gasteiger partial charge in [0.25, 0.3) is 0 Å². The van der Waals surface area contributed by atoms with Gasteiger partial charge in [0.2, 0.25) is 5.91 Å². The van der Waals surface area contributed by atoms with Gasteiger partial charge in [0.05, 0.1) is 12.0 Å². The molecule has 0 aliphatic heterocycles. The molecule has 1 amide bonds. The van der Waals surface area contributed by atoms with E-state index in [4.69, 9.17) is 9.52 Å². The van der Waals surface area contributed by atoms with Crippen molar-refractivity contribution in [2.24, 2.45) is 0 Å². The van der Waals surface area contributed by atoms with Crippen molar-refractivity contribution in [3.8, 4) is 0 Å². The lowest BCUT2D eigenvalue weighted by molar-refractivity contribution is -0.140. The van der Waals surface area contributed by atoms with Gasteiger partial charge in [0.1, 0.15) is 11.5 Å². The number of aryl methyl sites for hydroxylation is 1. The Bertz CT molecular complexity index is 511. The minimum absolute atomic E-state index is 0.0214. The minimum Gasteiger partial charge on any atom is -0.481 e. The van der Waals surface area contributed by atoms with Crippen molar-refractivity contribution >= 4 is 18.0 Å². The van der Waals surface area contributed by atoms with Crippen molar-refractivity contribution in [1.29, 1.82) is 0 Å². The molecule has 1 aliphatic rings. The number of carbonyl (C=O) groups excluding carboxylic acids is 1. The van der Waals surface area contributed by atoms with E-state index in [9.17, 15) is 9.59 Å². The standard InChI is InChI=1S/C14H17NO4/c1-10-3-4-11(19-10)5-6-12(16)15-14(7-2-8-14)9-13(17)18/h3-6H,2,7-9H2,1H3,(H,15,16)(H,17,18)/b6-5-. The number of hydrogen-bond acceptors (Lipinski definition) is 3. The van der Waals surface area contributed by atoms with E-state index in [0.717, 1.165) is 25.0 Å². The summed E-state index contributed by atoms with van der Waals surface area (Å²) in [6, 6.07) is 3.59. The first-order valence-electron chi connectivity index (χ1n) is 6.28. The summed E-state index contributed by atoms with van der Waals surface area (Å²) in [7, 11) is 0. The lowest BCUT2D eigenvalue weighted by Crippen LogP contribution is -2.54. The van der Waals surface area contributed by atoms with Crippen molar-refractivity contribution in [1.82, 2.24) is 5.32 Å². The summed E-state index contributed by atoms with van der Waals surface area (Å²) >= 11 is 0. The van der Waals surface area contributed by atoms with Gasteiger partial charge in [-0.3, -0.25) is 9.59 Å². The van der Waals surface area contributed by atoms with Crippen LogP contribution < -0.4 is 5.32 Å². The zero-order valence-electron chi connectivity index (χ0n) is 10.8. The molecule has 0 saturated heterocycles. The highest BCUT2D eigenvalue weighted by Crippen LogP contribution is 2.34. The largest absolute Gasteiger partial charge is 0.481 e.